The minimum absolute atomic E-state index is 0.518. The van der Waals surface area contributed by atoms with Crippen LogP contribution in [0, 0.1) is 0 Å². The molecule has 2 heterocycles. The summed E-state index contributed by atoms with van der Waals surface area (Å²) >= 11 is 5.80. The van der Waals surface area contributed by atoms with Gasteiger partial charge in [0, 0.05) is 18.2 Å². The second kappa shape index (κ2) is 9.88. The van der Waals surface area contributed by atoms with Crippen molar-refractivity contribution in [1.29, 1.82) is 0 Å². The van der Waals surface area contributed by atoms with Crippen molar-refractivity contribution in [1.82, 2.24) is 15.5 Å². The average Bonchev–Trinajstić information content (AvgIpc) is 2.89. The van der Waals surface area contributed by atoms with E-state index >= 15 is 0 Å². The van der Waals surface area contributed by atoms with Gasteiger partial charge in [0.05, 0.1) is 12.8 Å². The molecule has 9 heteroatoms. The highest BCUT2D eigenvalue weighted by Crippen LogP contribution is 2.15. The Bertz CT molecular complexity index is 491. The molecule has 8 nitrogen and oxygen atoms in total. The van der Waals surface area contributed by atoms with E-state index < -0.39 is 11.9 Å². The van der Waals surface area contributed by atoms with Crippen LogP contribution in [0.4, 0.5) is 0 Å². The summed E-state index contributed by atoms with van der Waals surface area (Å²) in [5.74, 6) is -2.51. The normalized spacial score (nSPS) is 20.7. The second-order valence-corrected chi connectivity index (χ2v) is 5.28. The zero-order valence-electron chi connectivity index (χ0n) is 12.7. The van der Waals surface area contributed by atoms with Gasteiger partial charge in [-0.2, -0.15) is 5.17 Å². The molecule has 0 unspecified atom stereocenters. The zero-order chi connectivity index (χ0) is 17.2. The van der Waals surface area contributed by atoms with E-state index in [4.69, 9.17) is 26.7 Å². The number of likely N-dealkylation sites (tertiary alicyclic amines) is 1. The third-order valence-electron chi connectivity index (χ3n) is 3.13. The van der Waals surface area contributed by atoms with E-state index in [1.54, 1.807) is 17.4 Å². The van der Waals surface area contributed by atoms with Gasteiger partial charge in [-0.05, 0) is 38.6 Å². The summed E-state index contributed by atoms with van der Waals surface area (Å²) in [6.07, 6.45) is 9.01. The lowest BCUT2D eigenvalue weighted by atomic mass is 10.2. The van der Waals surface area contributed by atoms with Crippen molar-refractivity contribution >= 4 is 23.5 Å². The van der Waals surface area contributed by atoms with E-state index in [2.05, 4.69) is 17.4 Å². The summed E-state index contributed by atoms with van der Waals surface area (Å²) < 4.78 is 0. The summed E-state index contributed by atoms with van der Waals surface area (Å²) in [5, 5.41) is 17.7. The predicted molar refractivity (Wildman–Crippen MR) is 84.1 cm³/mol. The molecule has 0 aromatic rings. The Morgan fingerprint density at radius 2 is 2.09 bits per heavy atom. The monoisotopic (exact) mass is 345 g/mol. The molecular formula is C14H20ClN3O5. The summed E-state index contributed by atoms with van der Waals surface area (Å²) in [4.78, 5) is 27.0. The molecule has 1 saturated heterocycles. The lowest BCUT2D eigenvalue weighted by molar-refractivity contribution is -0.160. The van der Waals surface area contributed by atoms with Gasteiger partial charge in [0.25, 0.3) is 0 Å². The van der Waals surface area contributed by atoms with Gasteiger partial charge in [0.15, 0.2) is 0 Å². The minimum Gasteiger partial charge on any atom is -0.478 e. The highest BCUT2D eigenvalue weighted by molar-refractivity contribution is 6.29. The Morgan fingerprint density at radius 3 is 2.57 bits per heavy atom. The quantitative estimate of drug-likeness (QED) is 0.503. The molecule has 0 aromatic carbocycles. The Kier molecular flexibility index (Phi) is 8.17. The number of hydroxylamine groups is 1. The van der Waals surface area contributed by atoms with Gasteiger partial charge in [-0.25, -0.2) is 9.59 Å². The molecule has 2 aliphatic rings. The molecule has 2 aliphatic heterocycles. The SMILES string of the molecule is CN1CCC[C@H]1CON1C=CC=C(Cl)N1.O=C(O)C=CC(=O)O. The zero-order valence-corrected chi connectivity index (χ0v) is 13.4. The Labute approximate surface area is 139 Å². The fourth-order valence-electron chi connectivity index (χ4n) is 1.96. The van der Waals surface area contributed by atoms with Crippen molar-refractivity contribution in [3.8, 4) is 0 Å². The molecule has 23 heavy (non-hydrogen) atoms. The van der Waals surface area contributed by atoms with E-state index in [-0.39, 0.29) is 0 Å². The van der Waals surface area contributed by atoms with Crippen molar-refractivity contribution in [3.63, 3.8) is 0 Å². The molecule has 0 spiro atoms. The lowest BCUT2D eigenvalue weighted by Gasteiger charge is -2.26. The van der Waals surface area contributed by atoms with Crippen molar-refractivity contribution in [2.24, 2.45) is 0 Å². The number of hydrogen-bond donors (Lipinski definition) is 3. The van der Waals surface area contributed by atoms with Crippen LogP contribution in [0.25, 0.3) is 0 Å². The van der Waals surface area contributed by atoms with Crippen molar-refractivity contribution in [2.45, 2.75) is 18.9 Å². The fourth-order valence-corrected chi connectivity index (χ4v) is 2.12. The molecular weight excluding hydrogens is 326 g/mol. The number of nitrogens with zero attached hydrogens (tertiary/aromatic N) is 2. The standard InChI is InChI=1S/C10H16ClN3O.C4H4O4/c1-13-6-2-4-9(13)8-15-14-7-3-5-10(11)12-14;5-3(6)1-2-4(7)8/h3,5,7,9,12H,2,4,6,8H2,1H3;1-2H,(H,5,6)(H,7,8)/t9-;/m0./s1. The third kappa shape index (κ3) is 8.24. The second-order valence-electron chi connectivity index (χ2n) is 4.88. The van der Waals surface area contributed by atoms with Crippen LogP contribution < -0.4 is 5.43 Å². The lowest BCUT2D eigenvalue weighted by Crippen LogP contribution is -2.38. The van der Waals surface area contributed by atoms with E-state index in [0.717, 1.165) is 6.54 Å². The van der Waals surface area contributed by atoms with Crippen molar-refractivity contribution in [3.05, 3.63) is 35.7 Å². The van der Waals surface area contributed by atoms with Crippen LogP contribution in [-0.4, -0.2) is 58.5 Å². The van der Waals surface area contributed by atoms with Gasteiger partial charge in [0.2, 0.25) is 0 Å². The number of likely N-dealkylation sites (N-methyl/N-ethyl adjacent to an activating group) is 1. The van der Waals surface area contributed by atoms with Gasteiger partial charge in [0.1, 0.15) is 5.16 Å². The van der Waals surface area contributed by atoms with Gasteiger partial charge < -0.3 is 15.1 Å². The van der Waals surface area contributed by atoms with Crippen LogP contribution in [0.2, 0.25) is 0 Å². The van der Waals surface area contributed by atoms with Crippen LogP contribution in [0.1, 0.15) is 12.8 Å². The maximum Gasteiger partial charge on any atom is 0.328 e. The van der Waals surface area contributed by atoms with E-state index in [1.165, 1.54) is 12.8 Å². The molecule has 0 aromatic heterocycles. The van der Waals surface area contributed by atoms with Crippen LogP contribution in [0.5, 0.6) is 0 Å². The molecule has 1 fully saturated rings. The van der Waals surface area contributed by atoms with E-state index in [1.807, 2.05) is 6.08 Å². The first-order valence-electron chi connectivity index (χ1n) is 6.95. The molecule has 2 rings (SSSR count). The smallest absolute Gasteiger partial charge is 0.328 e. The Hall–Kier alpha value is -2.03. The highest BCUT2D eigenvalue weighted by Gasteiger charge is 2.21. The fraction of sp³-hybridized carbons (Fsp3) is 0.429. The van der Waals surface area contributed by atoms with Crippen molar-refractivity contribution in [2.75, 3.05) is 20.2 Å². The highest BCUT2D eigenvalue weighted by atomic mass is 35.5. The van der Waals surface area contributed by atoms with Gasteiger partial charge in [-0.1, -0.05) is 11.6 Å². The number of rotatable bonds is 5. The summed E-state index contributed by atoms with van der Waals surface area (Å²) in [5.41, 5.74) is 2.89. The summed E-state index contributed by atoms with van der Waals surface area (Å²) in [7, 11) is 2.13. The molecule has 0 saturated carbocycles. The summed E-state index contributed by atoms with van der Waals surface area (Å²) in [6, 6.07) is 0.518. The molecule has 0 aliphatic carbocycles. The van der Waals surface area contributed by atoms with Gasteiger partial charge >= 0.3 is 11.9 Å². The van der Waals surface area contributed by atoms with Gasteiger partial charge in [-0.15, -0.1) is 0 Å². The van der Waals surface area contributed by atoms with Crippen LogP contribution in [-0.2, 0) is 14.4 Å². The van der Waals surface area contributed by atoms with Crippen LogP contribution >= 0.6 is 11.6 Å². The first-order valence-corrected chi connectivity index (χ1v) is 7.33. The number of carboxylic acids is 2. The number of aliphatic carboxylic acids is 2. The Morgan fingerprint density at radius 1 is 1.43 bits per heavy atom. The third-order valence-corrected chi connectivity index (χ3v) is 3.34. The van der Waals surface area contributed by atoms with Crippen LogP contribution in [0.15, 0.2) is 35.7 Å². The topological polar surface area (TPSA) is 102 Å². The number of hydrogen-bond acceptors (Lipinski definition) is 6. The van der Waals surface area contributed by atoms with E-state index in [9.17, 15) is 9.59 Å². The van der Waals surface area contributed by atoms with Crippen molar-refractivity contribution < 1.29 is 24.6 Å². The number of carboxylic acid groups (broad SMARTS) is 2. The maximum absolute atomic E-state index is 9.55. The number of allylic oxidation sites excluding steroid dienone is 2. The van der Waals surface area contributed by atoms with E-state index in [0.29, 0.717) is 30.0 Å². The maximum atomic E-state index is 9.55. The first kappa shape index (κ1) is 19.0. The number of hydrazine groups is 1. The van der Waals surface area contributed by atoms with Gasteiger partial charge in [-0.3, -0.25) is 10.3 Å². The number of halogens is 1. The number of nitrogens with one attached hydrogen (secondary N) is 1. The average molecular weight is 346 g/mol. The molecule has 1 atom stereocenters. The Balaban J connectivity index is 0.000000284. The number of carbonyl (C=O) groups is 2. The predicted octanol–water partition coefficient (Wildman–Crippen LogP) is 1.14. The summed E-state index contributed by atoms with van der Waals surface area (Å²) in [6.45, 7) is 1.86. The first-order chi connectivity index (χ1) is 10.9. The minimum atomic E-state index is -1.26. The largest absolute Gasteiger partial charge is 0.478 e. The molecule has 3 N–H and O–H groups in total. The molecule has 0 radical (unpaired) electrons. The van der Waals surface area contributed by atoms with Crippen LogP contribution in [0.3, 0.4) is 0 Å². The molecule has 0 amide bonds. The molecule has 0 bridgehead atoms. The molecule has 128 valence electrons.